The number of nitrogens with two attached hydrogens (primary N) is 1. The molecule has 1 saturated heterocycles. The van der Waals surface area contributed by atoms with E-state index in [9.17, 15) is 5.11 Å². The first-order valence-electron chi connectivity index (χ1n) is 6.13. The number of hydrogen-bond acceptors (Lipinski definition) is 8. The molecule has 3 aliphatic heterocycles. The van der Waals surface area contributed by atoms with Gasteiger partial charge < -0.3 is 30.5 Å². The van der Waals surface area contributed by atoms with Gasteiger partial charge in [0.05, 0.1) is 25.4 Å². The van der Waals surface area contributed by atoms with Crippen LogP contribution in [0, 0.1) is 0 Å². The van der Waals surface area contributed by atoms with E-state index in [0.717, 1.165) is 0 Å². The van der Waals surface area contributed by atoms with Gasteiger partial charge in [0.2, 0.25) is 0 Å². The zero-order valence-corrected chi connectivity index (χ0v) is 10.5. The Bertz CT molecular complexity index is 463. The van der Waals surface area contributed by atoms with Crippen molar-refractivity contribution < 1.29 is 14.9 Å². The number of ether oxygens (including phenoxy) is 1. The summed E-state index contributed by atoms with van der Waals surface area (Å²) in [6.45, 7) is -0.199. The highest BCUT2D eigenvalue weighted by atomic mass is 16.5. The molecular weight excluding hydrogens is 250 g/mol. The van der Waals surface area contributed by atoms with Crippen LogP contribution in [0.4, 0.5) is 0 Å². The first-order chi connectivity index (χ1) is 9.11. The van der Waals surface area contributed by atoms with Crippen LogP contribution >= 0.6 is 0 Å². The fourth-order valence-corrected chi connectivity index (χ4v) is 2.58. The Labute approximate surface area is 110 Å². The van der Waals surface area contributed by atoms with Crippen molar-refractivity contribution in [1.82, 2.24) is 9.80 Å². The van der Waals surface area contributed by atoms with Crippen molar-refractivity contribution in [3.05, 3.63) is 11.5 Å². The molecule has 0 spiro atoms. The van der Waals surface area contributed by atoms with Crippen LogP contribution in [-0.4, -0.2) is 70.9 Å². The highest BCUT2D eigenvalue weighted by Gasteiger charge is 2.43. The molecule has 3 aliphatic rings. The zero-order valence-electron chi connectivity index (χ0n) is 10.5. The van der Waals surface area contributed by atoms with Crippen LogP contribution in [0.15, 0.2) is 21.5 Å². The standard InChI is InChI=1S/C11H17N5O3/c1-15-4-14-10(12)9-11(15)16(5-13-9)8-2-6(18)7(3-17)19-8/h4-8,11,17-18H,2-3,12H2,1H3/t6-,7+,8+,11?/m0/s1. The minimum absolute atomic E-state index is 0.174. The van der Waals surface area contributed by atoms with Gasteiger partial charge in [0.1, 0.15) is 18.0 Å². The van der Waals surface area contributed by atoms with Gasteiger partial charge in [0, 0.05) is 13.5 Å². The van der Waals surface area contributed by atoms with Crippen LogP contribution < -0.4 is 5.73 Å². The van der Waals surface area contributed by atoms with Crippen LogP contribution in [0.2, 0.25) is 0 Å². The molecule has 1 unspecified atom stereocenters. The number of aliphatic hydroxyl groups is 2. The van der Waals surface area contributed by atoms with Gasteiger partial charge in [-0.1, -0.05) is 0 Å². The SMILES string of the molecule is CN1C=NC(N)=C2N=CN([C@H]3C[C@H](O)[C@@H](CO)O3)C21. The molecule has 19 heavy (non-hydrogen) atoms. The summed E-state index contributed by atoms with van der Waals surface area (Å²) in [5, 5.41) is 18.9. The fraction of sp³-hybridized carbons (Fsp3) is 0.636. The smallest absolute Gasteiger partial charge is 0.152 e. The van der Waals surface area contributed by atoms with Crippen molar-refractivity contribution in [3.63, 3.8) is 0 Å². The minimum Gasteiger partial charge on any atom is -0.394 e. The number of aliphatic hydroxyl groups excluding tert-OH is 2. The molecule has 104 valence electrons. The summed E-state index contributed by atoms with van der Waals surface area (Å²) in [6.07, 6.45) is 1.98. The number of rotatable bonds is 2. The van der Waals surface area contributed by atoms with E-state index in [2.05, 4.69) is 9.98 Å². The third kappa shape index (κ3) is 1.88. The Morgan fingerprint density at radius 1 is 1.47 bits per heavy atom. The van der Waals surface area contributed by atoms with Crippen LogP contribution in [-0.2, 0) is 4.74 Å². The van der Waals surface area contributed by atoms with E-state index in [1.807, 2.05) is 16.8 Å². The fourth-order valence-electron chi connectivity index (χ4n) is 2.58. The third-order valence-electron chi connectivity index (χ3n) is 3.60. The van der Waals surface area contributed by atoms with Gasteiger partial charge in [-0.25, -0.2) is 9.98 Å². The van der Waals surface area contributed by atoms with Gasteiger partial charge >= 0.3 is 0 Å². The van der Waals surface area contributed by atoms with E-state index >= 15 is 0 Å². The summed E-state index contributed by atoms with van der Waals surface area (Å²) >= 11 is 0. The van der Waals surface area contributed by atoms with E-state index in [1.165, 1.54) is 0 Å². The number of likely N-dealkylation sites (N-methyl/N-ethyl adjacent to an activating group) is 1. The largest absolute Gasteiger partial charge is 0.394 e. The molecule has 8 nitrogen and oxygen atoms in total. The van der Waals surface area contributed by atoms with Crippen molar-refractivity contribution >= 4 is 12.7 Å². The van der Waals surface area contributed by atoms with E-state index < -0.39 is 12.2 Å². The molecule has 4 atom stereocenters. The number of aliphatic imine (C=N–C) groups is 2. The third-order valence-corrected chi connectivity index (χ3v) is 3.60. The Hall–Kier alpha value is -1.64. The van der Waals surface area contributed by atoms with Crippen LogP contribution in [0.3, 0.4) is 0 Å². The zero-order chi connectivity index (χ0) is 13.6. The molecule has 0 saturated carbocycles. The molecule has 3 heterocycles. The van der Waals surface area contributed by atoms with Crippen LogP contribution in [0.5, 0.6) is 0 Å². The summed E-state index contributed by atoms with van der Waals surface area (Å²) in [5.74, 6) is 0.388. The van der Waals surface area contributed by atoms with E-state index in [0.29, 0.717) is 17.9 Å². The predicted octanol–water partition coefficient (Wildman–Crippen LogP) is -1.77. The maximum Gasteiger partial charge on any atom is 0.152 e. The second-order valence-corrected chi connectivity index (χ2v) is 4.86. The van der Waals surface area contributed by atoms with Crippen molar-refractivity contribution in [3.8, 4) is 0 Å². The highest BCUT2D eigenvalue weighted by Crippen LogP contribution is 2.31. The van der Waals surface area contributed by atoms with Gasteiger partial charge in [-0.05, 0) is 0 Å². The van der Waals surface area contributed by atoms with E-state index in [1.54, 1.807) is 12.7 Å². The summed E-state index contributed by atoms with van der Waals surface area (Å²) in [6, 6.07) is 0. The minimum atomic E-state index is -0.670. The maximum absolute atomic E-state index is 9.80. The number of fused-ring (bicyclic) bond motifs is 1. The molecule has 8 heteroatoms. The average Bonchev–Trinajstić information content (AvgIpc) is 2.97. The summed E-state index contributed by atoms with van der Waals surface area (Å²) < 4.78 is 5.64. The van der Waals surface area contributed by atoms with Gasteiger partial charge in [-0.3, -0.25) is 0 Å². The maximum atomic E-state index is 9.80. The molecule has 0 radical (unpaired) electrons. The average molecular weight is 267 g/mol. The van der Waals surface area contributed by atoms with Crippen molar-refractivity contribution in [2.75, 3.05) is 13.7 Å². The molecule has 3 rings (SSSR count). The molecule has 0 amide bonds. The lowest BCUT2D eigenvalue weighted by Gasteiger charge is -2.36. The number of nitrogens with zero attached hydrogens (tertiary/aromatic N) is 4. The summed E-state index contributed by atoms with van der Waals surface area (Å²) in [4.78, 5) is 12.1. The van der Waals surface area contributed by atoms with E-state index in [4.69, 9.17) is 15.6 Å². The lowest BCUT2D eigenvalue weighted by Crippen LogP contribution is -2.50. The molecular formula is C11H17N5O3. The molecule has 4 N–H and O–H groups in total. The van der Waals surface area contributed by atoms with Crippen molar-refractivity contribution in [2.24, 2.45) is 15.7 Å². The van der Waals surface area contributed by atoms with Crippen molar-refractivity contribution in [2.45, 2.75) is 31.0 Å². The number of hydrogen-bond donors (Lipinski definition) is 3. The van der Waals surface area contributed by atoms with Crippen LogP contribution in [0.1, 0.15) is 6.42 Å². The molecule has 0 aliphatic carbocycles. The Morgan fingerprint density at radius 2 is 2.26 bits per heavy atom. The molecule has 0 bridgehead atoms. The highest BCUT2D eigenvalue weighted by molar-refractivity contribution is 5.69. The molecule has 0 aromatic rings. The second-order valence-electron chi connectivity index (χ2n) is 4.86. The first kappa shape index (κ1) is 12.4. The summed E-state index contributed by atoms with van der Waals surface area (Å²) in [5.41, 5.74) is 6.48. The predicted molar refractivity (Wildman–Crippen MR) is 68.0 cm³/mol. The van der Waals surface area contributed by atoms with Crippen molar-refractivity contribution in [1.29, 1.82) is 0 Å². The first-order valence-corrected chi connectivity index (χ1v) is 6.13. The normalized spacial score (nSPS) is 37.4. The molecule has 1 fully saturated rings. The van der Waals surface area contributed by atoms with Crippen LogP contribution in [0.25, 0.3) is 0 Å². The van der Waals surface area contributed by atoms with Gasteiger partial charge in [0.15, 0.2) is 12.0 Å². The lowest BCUT2D eigenvalue weighted by molar-refractivity contribution is -0.0692. The van der Waals surface area contributed by atoms with E-state index in [-0.39, 0.29) is 19.0 Å². The molecule has 0 aromatic carbocycles. The van der Waals surface area contributed by atoms with Gasteiger partial charge in [-0.2, -0.15) is 0 Å². The molecule has 0 aromatic heterocycles. The van der Waals surface area contributed by atoms with Gasteiger partial charge in [-0.15, -0.1) is 0 Å². The lowest BCUT2D eigenvalue weighted by atomic mass is 10.2. The Balaban J connectivity index is 1.81. The Morgan fingerprint density at radius 3 is 2.95 bits per heavy atom. The topological polar surface area (TPSA) is 107 Å². The monoisotopic (exact) mass is 267 g/mol. The Kier molecular flexibility index (Phi) is 2.92. The quantitative estimate of drug-likeness (QED) is 0.546. The summed E-state index contributed by atoms with van der Waals surface area (Å²) in [7, 11) is 1.87. The second kappa shape index (κ2) is 4.48. The van der Waals surface area contributed by atoms with Gasteiger partial charge in [0.25, 0.3) is 0 Å².